The molecular formula is C15H16ClFN2. The fourth-order valence-corrected chi connectivity index (χ4v) is 2.35. The van der Waals surface area contributed by atoms with E-state index in [0.29, 0.717) is 11.4 Å². The molecular weight excluding hydrogens is 263 g/mol. The van der Waals surface area contributed by atoms with Gasteiger partial charge in [-0.15, -0.1) is 0 Å². The van der Waals surface area contributed by atoms with Gasteiger partial charge in [-0.2, -0.15) is 0 Å². The molecule has 4 heteroatoms. The number of aromatic nitrogens is 1. The second-order valence-corrected chi connectivity index (χ2v) is 4.89. The molecule has 0 saturated carbocycles. The van der Waals surface area contributed by atoms with Gasteiger partial charge in [-0.3, -0.25) is 4.98 Å². The molecule has 0 amide bonds. The van der Waals surface area contributed by atoms with Crippen molar-refractivity contribution in [3.05, 3.63) is 64.2 Å². The zero-order valence-corrected chi connectivity index (χ0v) is 11.7. The van der Waals surface area contributed by atoms with E-state index in [2.05, 4.69) is 10.3 Å². The Morgan fingerprint density at radius 1 is 1.37 bits per heavy atom. The molecule has 0 aliphatic rings. The minimum atomic E-state index is -0.316. The van der Waals surface area contributed by atoms with Gasteiger partial charge in [0.25, 0.3) is 0 Å². The maximum atomic E-state index is 13.0. The summed E-state index contributed by atoms with van der Waals surface area (Å²) in [5.41, 5.74) is 3.03. The highest BCUT2D eigenvalue weighted by atomic mass is 35.5. The number of pyridine rings is 1. The summed E-state index contributed by atoms with van der Waals surface area (Å²) in [7, 11) is 1.89. The van der Waals surface area contributed by atoms with Crippen LogP contribution in [0.15, 0.2) is 36.5 Å². The third-order valence-electron chi connectivity index (χ3n) is 3.17. The summed E-state index contributed by atoms with van der Waals surface area (Å²) < 4.78 is 13.0. The number of nitrogens with one attached hydrogen (secondary N) is 1. The predicted molar refractivity (Wildman–Crippen MR) is 75.9 cm³/mol. The Kier molecular flexibility index (Phi) is 4.51. The molecule has 0 spiro atoms. The standard InChI is InChI=1S/C15H16ClFN2/c1-10-4-3-7-19-15(10)14(18-2)8-11-5-6-12(17)9-13(11)16/h3-7,9,14,18H,8H2,1-2H3. The van der Waals surface area contributed by atoms with Crippen molar-refractivity contribution in [2.45, 2.75) is 19.4 Å². The zero-order valence-electron chi connectivity index (χ0n) is 11.0. The fourth-order valence-electron chi connectivity index (χ4n) is 2.11. The Morgan fingerprint density at radius 2 is 2.16 bits per heavy atom. The quantitative estimate of drug-likeness (QED) is 0.923. The number of likely N-dealkylation sites (N-methyl/N-ethyl adjacent to an activating group) is 1. The van der Waals surface area contributed by atoms with Gasteiger partial charge in [0.1, 0.15) is 5.82 Å². The molecule has 0 saturated heterocycles. The number of hydrogen-bond acceptors (Lipinski definition) is 2. The summed E-state index contributed by atoms with van der Waals surface area (Å²) in [6.45, 7) is 2.03. The SMILES string of the molecule is CNC(Cc1ccc(F)cc1Cl)c1ncccc1C. The van der Waals surface area contributed by atoms with E-state index < -0.39 is 0 Å². The molecule has 0 aliphatic carbocycles. The molecule has 2 rings (SSSR count). The van der Waals surface area contributed by atoms with Gasteiger partial charge >= 0.3 is 0 Å². The zero-order chi connectivity index (χ0) is 13.8. The maximum Gasteiger partial charge on any atom is 0.124 e. The van der Waals surface area contributed by atoms with E-state index >= 15 is 0 Å². The topological polar surface area (TPSA) is 24.9 Å². The Bertz CT molecular complexity index is 572. The van der Waals surface area contributed by atoms with E-state index in [0.717, 1.165) is 16.8 Å². The predicted octanol–water partition coefficient (Wildman–Crippen LogP) is 3.69. The number of aryl methyl sites for hydroxylation is 1. The van der Waals surface area contributed by atoms with Crippen LogP contribution in [0.2, 0.25) is 5.02 Å². The largest absolute Gasteiger partial charge is 0.311 e. The maximum absolute atomic E-state index is 13.0. The molecule has 1 atom stereocenters. The van der Waals surface area contributed by atoms with Gasteiger partial charge in [0.05, 0.1) is 11.7 Å². The number of hydrogen-bond donors (Lipinski definition) is 1. The minimum absolute atomic E-state index is 0.0594. The molecule has 0 radical (unpaired) electrons. The van der Waals surface area contributed by atoms with Crippen LogP contribution < -0.4 is 5.32 Å². The van der Waals surface area contributed by atoms with E-state index in [1.165, 1.54) is 12.1 Å². The minimum Gasteiger partial charge on any atom is -0.311 e. The summed E-state index contributed by atoms with van der Waals surface area (Å²) in [6.07, 6.45) is 2.45. The highest BCUT2D eigenvalue weighted by molar-refractivity contribution is 6.31. The van der Waals surface area contributed by atoms with Crippen molar-refractivity contribution in [1.29, 1.82) is 0 Å². The summed E-state index contributed by atoms with van der Waals surface area (Å²) in [5.74, 6) is -0.316. The van der Waals surface area contributed by atoms with Crippen LogP contribution in [0.4, 0.5) is 4.39 Å². The Hall–Kier alpha value is -1.45. The molecule has 1 heterocycles. The van der Waals surface area contributed by atoms with Crippen LogP contribution in [0, 0.1) is 12.7 Å². The molecule has 1 N–H and O–H groups in total. The van der Waals surface area contributed by atoms with Crippen molar-refractivity contribution in [2.24, 2.45) is 0 Å². The third-order valence-corrected chi connectivity index (χ3v) is 3.52. The van der Waals surface area contributed by atoms with Crippen molar-refractivity contribution in [3.8, 4) is 0 Å². The summed E-state index contributed by atoms with van der Waals surface area (Å²) in [5, 5.41) is 3.69. The lowest BCUT2D eigenvalue weighted by Crippen LogP contribution is -2.21. The lowest BCUT2D eigenvalue weighted by atomic mass is 10.00. The number of halogens is 2. The molecule has 1 aromatic carbocycles. The van der Waals surface area contributed by atoms with Gasteiger partial charge in [-0.25, -0.2) is 4.39 Å². The first-order valence-electron chi connectivity index (χ1n) is 6.14. The lowest BCUT2D eigenvalue weighted by molar-refractivity contribution is 0.570. The molecule has 19 heavy (non-hydrogen) atoms. The Balaban J connectivity index is 2.27. The van der Waals surface area contributed by atoms with Gasteiger partial charge in [0, 0.05) is 11.2 Å². The van der Waals surface area contributed by atoms with Crippen LogP contribution in [0.5, 0.6) is 0 Å². The van der Waals surface area contributed by atoms with Crippen molar-refractivity contribution < 1.29 is 4.39 Å². The number of benzene rings is 1. The van der Waals surface area contributed by atoms with Gasteiger partial charge < -0.3 is 5.32 Å². The van der Waals surface area contributed by atoms with Crippen LogP contribution in [-0.4, -0.2) is 12.0 Å². The lowest BCUT2D eigenvalue weighted by Gasteiger charge is -2.18. The summed E-state index contributed by atoms with van der Waals surface area (Å²) in [6, 6.07) is 8.49. The van der Waals surface area contributed by atoms with Crippen LogP contribution in [0.25, 0.3) is 0 Å². The molecule has 2 nitrogen and oxygen atoms in total. The van der Waals surface area contributed by atoms with E-state index in [4.69, 9.17) is 11.6 Å². The molecule has 2 aromatic rings. The van der Waals surface area contributed by atoms with Gasteiger partial charge in [-0.05, 0) is 49.7 Å². The van der Waals surface area contributed by atoms with E-state index in [9.17, 15) is 4.39 Å². The Morgan fingerprint density at radius 3 is 2.79 bits per heavy atom. The van der Waals surface area contributed by atoms with E-state index in [1.54, 1.807) is 12.3 Å². The Labute approximate surface area is 117 Å². The number of nitrogens with zero attached hydrogens (tertiary/aromatic N) is 1. The van der Waals surface area contributed by atoms with Gasteiger partial charge in [0.15, 0.2) is 0 Å². The van der Waals surface area contributed by atoms with Crippen molar-refractivity contribution in [2.75, 3.05) is 7.05 Å². The third kappa shape index (κ3) is 3.31. The number of rotatable bonds is 4. The molecule has 1 unspecified atom stereocenters. The normalized spacial score (nSPS) is 12.4. The highest BCUT2D eigenvalue weighted by Crippen LogP contribution is 2.24. The van der Waals surface area contributed by atoms with Crippen LogP contribution in [0.1, 0.15) is 22.9 Å². The first-order valence-corrected chi connectivity index (χ1v) is 6.52. The fraction of sp³-hybridized carbons (Fsp3) is 0.267. The molecule has 0 bridgehead atoms. The average molecular weight is 279 g/mol. The first-order chi connectivity index (χ1) is 9.11. The summed E-state index contributed by atoms with van der Waals surface area (Å²) >= 11 is 6.07. The van der Waals surface area contributed by atoms with Gasteiger partial charge in [0.2, 0.25) is 0 Å². The van der Waals surface area contributed by atoms with Crippen molar-refractivity contribution >= 4 is 11.6 Å². The first kappa shape index (κ1) is 14.0. The van der Waals surface area contributed by atoms with Crippen molar-refractivity contribution in [1.82, 2.24) is 10.3 Å². The smallest absolute Gasteiger partial charge is 0.124 e. The molecule has 100 valence electrons. The monoisotopic (exact) mass is 278 g/mol. The summed E-state index contributed by atoms with van der Waals surface area (Å²) in [4.78, 5) is 4.41. The molecule has 0 aliphatic heterocycles. The van der Waals surface area contributed by atoms with Crippen LogP contribution >= 0.6 is 11.6 Å². The molecule has 0 fully saturated rings. The average Bonchev–Trinajstić information content (AvgIpc) is 2.39. The highest BCUT2D eigenvalue weighted by Gasteiger charge is 2.15. The van der Waals surface area contributed by atoms with Crippen molar-refractivity contribution in [3.63, 3.8) is 0 Å². The van der Waals surface area contributed by atoms with Gasteiger partial charge in [-0.1, -0.05) is 23.7 Å². The van der Waals surface area contributed by atoms with E-state index in [1.807, 2.05) is 26.1 Å². The second kappa shape index (κ2) is 6.13. The van der Waals surface area contributed by atoms with Crippen LogP contribution in [-0.2, 0) is 6.42 Å². The van der Waals surface area contributed by atoms with E-state index in [-0.39, 0.29) is 11.9 Å². The second-order valence-electron chi connectivity index (χ2n) is 4.49. The van der Waals surface area contributed by atoms with Crippen LogP contribution in [0.3, 0.4) is 0 Å². The molecule has 1 aromatic heterocycles.